The lowest BCUT2D eigenvalue weighted by atomic mass is 10.0. The molecule has 2 aromatic rings. The number of nitrogens with zero attached hydrogens (tertiary/aromatic N) is 5. The minimum Gasteiger partial charge on any atom is -0.341 e. The Morgan fingerprint density at radius 1 is 1.23 bits per heavy atom. The Hall–Kier alpha value is -2.58. The SMILES string of the molecule is O=C(C1CCCc2nn(Cc3ncc(F)cc3F)c(=O)n21)N1CCCC1. The predicted octanol–water partition coefficient (Wildman–Crippen LogP) is 1.27. The Morgan fingerprint density at radius 3 is 2.73 bits per heavy atom. The number of carbonyl (C=O) groups is 1. The van der Waals surface area contributed by atoms with E-state index in [1.807, 2.05) is 0 Å². The second-order valence-electron chi connectivity index (χ2n) is 6.75. The molecule has 1 amide bonds. The highest BCUT2D eigenvalue weighted by molar-refractivity contribution is 5.80. The van der Waals surface area contributed by atoms with Gasteiger partial charge in [0.15, 0.2) is 0 Å². The molecule has 0 aromatic carbocycles. The minimum atomic E-state index is -0.826. The second kappa shape index (κ2) is 6.62. The van der Waals surface area contributed by atoms with Crippen molar-refractivity contribution in [2.75, 3.05) is 13.1 Å². The van der Waals surface area contributed by atoms with Crippen LogP contribution in [-0.2, 0) is 17.8 Å². The van der Waals surface area contributed by atoms with Gasteiger partial charge in [-0.05, 0) is 25.7 Å². The third-order valence-electron chi connectivity index (χ3n) is 5.02. The van der Waals surface area contributed by atoms with Gasteiger partial charge in [-0.2, -0.15) is 5.10 Å². The topological polar surface area (TPSA) is 73.0 Å². The largest absolute Gasteiger partial charge is 0.347 e. The first-order valence-corrected chi connectivity index (χ1v) is 8.81. The van der Waals surface area contributed by atoms with Gasteiger partial charge in [0, 0.05) is 25.6 Å². The predicted molar refractivity (Wildman–Crippen MR) is 87.5 cm³/mol. The second-order valence-corrected chi connectivity index (χ2v) is 6.75. The van der Waals surface area contributed by atoms with E-state index in [0.717, 1.165) is 49.3 Å². The molecule has 4 rings (SSSR count). The molecule has 1 fully saturated rings. The molecular formula is C17H19F2N5O2. The lowest BCUT2D eigenvalue weighted by Crippen LogP contribution is -2.41. The van der Waals surface area contributed by atoms with E-state index in [1.165, 1.54) is 4.57 Å². The number of rotatable bonds is 3. The summed E-state index contributed by atoms with van der Waals surface area (Å²) < 4.78 is 29.4. The molecule has 9 heteroatoms. The quantitative estimate of drug-likeness (QED) is 0.823. The van der Waals surface area contributed by atoms with Crippen LogP contribution in [0.25, 0.3) is 0 Å². The molecule has 0 aliphatic carbocycles. The lowest BCUT2D eigenvalue weighted by Gasteiger charge is -2.27. The number of fused-ring (bicyclic) bond motifs is 1. The van der Waals surface area contributed by atoms with Crippen LogP contribution in [0.3, 0.4) is 0 Å². The molecule has 0 N–H and O–H groups in total. The van der Waals surface area contributed by atoms with Crippen molar-refractivity contribution in [3.63, 3.8) is 0 Å². The summed E-state index contributed by atoms with van der Waals surface area (Å²) in [6.07, 6.45) is 4.81. The highest BCUT2D eigenvalue weighted by Crippen LogP contribution is 2.25. The summed E-state index contributed by atoms with van der Waals surface area (Å²) in [5.41, 5.74) is -0.519. The number of carbonyl (C=O) groups excluding carboxylic acids is 1. The van der Waals surface area contributed by atoms with Crippen molar-refractivity contribution in [1.29, 1.82) is 0 Å². The lowest BCUT2D eigenvalue weighted by molar-refractivity contribution is -0.134. The first kappa shape index (κ1) is 16.9. The molecule has 0 spiro atoms. The Balaban J connectivity index is 1.65. The van der Waals surface area contributed by atoms with Gasteiger partial charge in [-0.25, -0.2) is 18.3 Å². The van der Waals surface area contributed by atoms with Crippen LogP contribution >= 0.6 is 0 Å². The van der Waals surface area contributed by atoms with E-state index < -0.39 is 23.4 Å². The number of amides is 1. The number of aromatic nitrogens is 4. The van der Waals surface area contributed by atoms with E-state index in [0.29, 0.717) is 18.7 Å². The fraction of sp³-hybridized carbons (Fsp3) is 0.529. The maximum absolute atomic E-state index is 13.8. The number of aryl methyl sites for hydroxylation is 1. The highest BCUT2D eigenvalue weighted by atomic mass is 19.1. The average Bonchev–Trinajstić information content (AvgIpc) is 3.26. The van der Waals surface area contributed by atoms with Crippen LogP contribution in [0.1, 0.15) is 43.2 Å². The molecule has 2 aliphatic heterocycles. The van der Waals surface area contributed by atoms with E-state index in [-0.39, 0.29) is 18.1 Å². The standard InChI is InChI=1S/C17H19F2N5O2/c18-11-8-12(19)13(20-9-11)10-23-17(26)24-14(4-3-5-15(24)21-23)16(25)22-6-1-2-7-22/h8-9,14H,1-7,10H2. The fourth-order valence-electron chi connectivity index (χ4n) is 3.72. The molecule has 1 atom stereocenters. The first-order valence-electron chi connectivity index (χ1n) is 8.81. The molecule has 1 saturated heterocycles. The summed E-state index contributed by atoms with van der Waals surface area (Å²) in [5.74, 6) is -1.12. The molecule has 0 radical (unpaired) electrons. The van der Waals surface area contributed by atoms with Crippen molar-refractivity contribution in [1.82, 2.24) is 24.2 Å². The van der Waals surface area contributed by atoms with Gasteiger partial charge in [-0.15, -0.1) is 0 Å². The van der Waals surface area contributed by atoms with E-state index in [2.05, 4.69) is 10.1 Å². The molecule has 2 aromatic heterocycles. The third kappa shape index (κ3) is 2.91. The zero-order chi connectivity index (χ0) is 18.3. The monoisotopic (exact) mass is 363 g/mol. The average molecular weight is 363 g/mol. The molecule has 2 aliphatic rings. The summed E-state index contributed by atoms with van der Waals surface area (Å²) >= 11 is 0. The van der Waals surface area contributed by atoms with Gasteiger partial charge in [0.2, 0.25) is 5.91 Å². The van der Waals surface area contributed by atoms with Gasteiger partial charge >= 0.3 is 5.69 Å². The Bertz CT molecular complexity index is 901. The molecule has 26 heavy (non-hydrogen) atoms. The zero-order valence-electron chi connectivity index (χ0n) is 14.2. The summed E-state index contributed by atoms with van der Waals surface area (Å²) in [6, 6.07) is 0.174. The van der Waals surface area contributed by atoms with E-state index >= 15 is 0 Å². The highest BCUT2D eigenvalue weighted by Gasteiger charge is 2.34. The summed E-state index contributed by atoms with van der Waals surface area (Å²) in [7, 11) is 0. The number of hydrogen-bond donors (Lipinski definition) is 0. The summed E-state index contributed by atoms with van der Waals surface area (Å²) in [5, 5.41) is 4.26. The molecule has 4 heterocycles. The van der Waals surface area contributed by atoms with Crippen LogP contribution in [0, 0.1) is 11.6 Å². The van der Waals surface area contributed by atoms with E-state index in [9.17, 15) is 18.4 Å². The van der Waals surface area contributed by atoms with Gasteiger partial charge in [-0.1, -0.05) is 0 Å². The number of halogens is 2. The van der Waals surface area contributed by atoms with Crippen molar-refractivity contribution < 1.29 is 13.6 Å². The van der Waals surface area contributed by atoms with Crippen LogP contribution in [0.2, 0.25) is 0 Å². The van der Waals surface area contributed by atoms with Crippen molar-refractivity contribution in [2.45, 2.75) is 44.7 Å². The maximum atomic E-state index is 13.8. The Kier molecular flexibility index (Phi) is 4.29. The van der Waals surface area contributed by atoms with Crippen molar-refractivity contribution in [3.05, 3.63) is 45.9 Å². The van der Waals surface area contributed by atoms with Gasteiger partial charge in [-0.3, -0.25) is 14.3 Å². The summed E-state index contributed by atoms with van der Waals surface area (Å²) in [4.78, 5) is 31.1. The third-order valence-corrected chi connectivity index (χ3v) is 5.02. The van der Waals surface area contributed by atoms with Crippen molar-refractivity contribution in [3.8, 4) is 0 Å². The van der Waals surface area contributed by atoms with Gasteiger partial charge in [0.25, 0.3) is 0 Å². The van der Waals surface area contributed by atoms with Gasteiger partial charge < -0.3 is 4.90 Å². The Morgan fingerprint density at radius 2 is 2.00 bits per heavy atom. The molecule has 138 valence electrons. The molecule has 0 bridgehead atoms. The van der Waals surface area contributed by atoms with Crippen LogP contribution in [-0.4, -0.2) is 43.2 Å². The van der Waals surface area contributed by atoms with E-state index in [4.69, 9.17) is 0 Å². The normalized spacial score (nSPS) is 19.6. The number of likely N-dealkylation sites (tertiary alicyclic amines) is 1. The van der Waals surface area contributed by atoms with E-state index in [1.54, 1.807) is 4.90 Å². The van der Waals surface area contributed by atoms with Gasteiger partial charge in [0.05, 0.1) is 18.4 Å². The summed E-state index contributed by atoms with van der Waals surface area (Å²) in [6.45, 7) is 1.24. The number of hydrogen-bond acceptors (Lipinski definition) is 4. The van der Waals surface area contributed by atoms with Crippen LogP contribution < -0.4 is 5.69 Å². The fourth-order valence-corrected chi connectivity index (χ4v) is 3.72. The van der Waals surface area contributed by atoms with Crippen LogP contribution in [0.15, 0.2) is 17.1 Å². The molecule has 1 unspecified atom stereocenters. The maximum Gasteiger partial charge on any atom is 0.347 e. The van der Waals surface area contributed by atoms with Crippen molar-refractivity contribution >= 4 is 5.91 Å². The minimum absolute atomic E-state index is 0.0452. The Labute approximate surface area is 148 Å². The molecule has 7 nitrogen and oxygen atoms in total. The van der Waals surface area contributed by atoms with Crippen LogP contribution in [0.5, 0.6) is 0 Å². The van der Waals surface area contributed by atoms with Crippen molar-refractivity contribution in [2.24, 2.45) is 0 Å². The molecule has 0 saturated carbocycles. The smallest absolute Gasteiger partial charge is 0.341 e. The van der Waals surface area contributed by atoms with Gasteiger partial charge in [0.1, 0.15) is 23.5 Å². The molecular weight excluding hydrogens is 344 g/mol. The number of pyridine rings is 1. The first-order chi connectivity index (χ1) is 12.5. The van der Waals surface area contributed by atoms with Crippen LogP contribution in [0.4, 0.5) is 8.78 Å². The zero-order valence-corrected chi connectivity index (χ0v) is 14.2.